The van der Waals surface area contributed by atoms with Crippen molar-refractivity contribution in [3.05, 3.63) is 0 Å². The molecule has 0 unspecified atom stereocenters. The Bertz CT molecular complexity index is 124. The summed E-state index contributed by atoms with van der Waals surface area (Å²) in [5.74, 6) is 3.45. The molecule has 0 spiro atoms. The molecule has 0 nitrogen and oxygen atoms in total. The van der Waals surface area contributed by atoms with Gasteiger partial charge in [-0.1, -0.05) is 26.2 Å². The lowest BCUT2D eigenvalue weighted by atomic mass is 9.98. The van der Waals surface area contributed by atoms with Crippen LogP contribution >= 0.6 is 0 Å². The molecular weight excluding hydrogens is 132 g/mol. The van der Waals surface area contributed by atoms with Gasteiger partial charge in [-0.3, -0.25) is 0 Å². The maximum Gasteiger partial charge on any atom is -0.0383 e. The van der Waals surface area contributed by atoms with E-state index in [1.165, 1.54) is 18.8 Å². The highest BCUT2D eigenvalue weighted by atomic mass is 14.4. The summed E-state index contributed by atoms with van der Waals surface area (Å²) < 4.78 is 0. The van der Waals surface area contributed by atoms with Gasteiger partial charge in [0.05, 0.1) is 0 Å². The fourth-order valence-electron chi connectivity index (χ4n) is 2.78. The summed E-state index contributed by atoms with van der Waals surface area (Å²) >= 11 is 0. The summed E-state index contributed by atoms with van der Waals surface area (Å²) in [6.07, 6.45) is 10.7. The highest BCUT2D eigenvalue weighted by Crippen LogP contribution is 2.47. The normalized spacial score (nSPS) is 37.9. The van der Waals surface area contributed by atoms with Crippen LogP contribution in [0, 0.1) is 17.8 Å². The maximum absolute atomic E-state index is 2.32. The molecule has 0 radical (unpaired) electrons. The van der Waals surface area contributed by atoms with E-state index in [9.17, 15) is 0 Å². The minimum Gasteiger partial charge on any atom is -0.0654 e. The van der Waals surface area contributed by atoms with Crippen LogP contribution in [-0.2, 0) is 0 Å². The molecule has 2 atom stereocenters. The van der Waals surface area contributed by atoms with E-state index in [0.29, 0.717) is 0 Å². The van der Waals surface area contributed by atoms with E-state index < -0.39 is 0 Å². The first kappa shape index (κ1) is 7.64. The number of rotatable bonds is 3. The zero-order valence-corrected chi connectivity index (χ0v) is 7.68. The SMILES string of the molecule is CCC[C@H]1CC[C@@H](C2CC2)C1. The van der Waals surface area contributed by atoms with Crippen LogP contribution < -0.4 is 0 Å². The molecule has 64 valence electrons. The molecule has 0 bridgehead atoms. The lowest BCUT2D eigenvalue weighted by Crippen LogP contribution is -1.97. The van der Waals surface area contributed by atoms with Crippen molar-refractivity contribution in [3.8, 4) is 0 Å². The van der Waals surface area contributed by atoms with Gasteiger partial charge < -0.3 is 0 Å². The average molecular weight is 152 g/mol. The Morgan fingerprint density at radius 3 is 2.36 bits per heavy atom. The Kier molecular flexibility index (Phi) is 2.20. The third-order valence-electron chi connectivity index (χ3n) is 3.57. The largest absolute Gasteiger partial charge is 0.0654 e. The third-order valence-corrected chi connectivity index (χ3v) is 3.57. The molecule has 0 N–H and O–H groups in total. The third kappa shape index (κ3) is 1.77. The molecule has 11 heavy (non-hydrogen) atoms. The van der Waals surface area contributed by atoms with Crippen molar-refractivity contribution < 1.29 is 0 Å². The second kappa shape index (κ2) is 3.16. The molecular formula is C11H20. The van der Waals surface area contributed by atoms with E-state index in [1.54, 1.807) is 32.1 Å². The molecule has 2 aliphatic carbocycles. The molecule has 2 rings (SSSR count). The van der Waals surface area contributed by atoms with E-state index in [0.717, 1.165) is 11.8 Å². The van der Waals surface area contributed by atoms with Crippen LogP contribution in [0.3, 0.4) is 0 Å². The average Bonchev–Trinajstić information content (AvgIpc) is 2.75. The van der Waals surface area contributed by atoms with Crippen molar-refractivity contribution in [2.75, 3.05) is 0 Å². The van der Waals surface area contributed by atoms with Crippen molar-refractivity contribution in [2.45, 2.75) is 51.9 Å². The number of hydrogen-bond donors (Lipinski definition) is 0. The molecule has 0 aromatic heterocycles. The van der Waals surface area contributed by atoms with Crippen molar-refractivity contribution in [1.29, 1.82) is 0 Å². The van der Waals surface area contributed by atoms with Crippen LogP contribution in [0.1, 0.15) is 51.9 Å². The van der Waals surface area contributed by atoms with Gasteiger partial charge in [0.15, 0.2) is 0 Å². The van der Waals surface area contributed by atoms with Crippen LogP contribution in [0.15, 0.2) is 0 Å². The summed E-state index contributed by atoms with van der Waals surface area (Å²) in [6.45, 7) is 2.32. The Morgan fingerprint density at radius 2 is 1.73 bits per heavy atom. The van der Waals surface area contributed by atoms with Crippen LogP contribution in [0.25, 0.3) is 0 Å². The fourth-order valence-corrected chi connectivity index (χ4v) is 2.78. The smallest absolute Gasteiger partial charge is 0.0383 e. The summed E-state index contributed by atoms with van der Waals surface area (Å²) in [6, 6.07) is 0. The van der Waals surface area contributed by atoms with Gasteiger partial charge in [0, 0.05) is 0 Å². The van der Waals surface area contributed by atoms with Crippen LogP contribution in [0.4, 0.5) is 0 Å². The zero-order valence-electron chi connectivity index (χ0n) is 7.68. The van der Waals surface area contributed by atoms with E-state index in [1.807, 2.05) is 0 Å². The summed E-state index contributed by atoms with van der Waals surface area (Å²) in [4.78, 5) is 0. The topological polar surface area (TPSA) is 0 Å². The first-order valence-electron chi connectivity index (χ1n) is 5.40. The van der Waals surface area contributed by atoms with Gasteiger partial charge in [0.25, 0.3) is 0 Å². The minimum atomic E-state index is 1.12. The summed E-state index contributed by atoms with van der Waals surface area (Å²) in [5.41, 5.74) is 0. The molecule has 0 aliphatic heterocycles. The van der Waals surface area contributed by atoms with Gasteiger partial charge in [-0.25, -0.2) is 0 Å². The lowest BCUT2D eigenvalue weighted by molar-refractivity contribution is 0.429. The maximum atomic E-state index is 2.32. The van der Waals surface area contributed by atoms with Crippen molar-refractivity contribution >= 4 is 0 Å². The Labute approximate surface area is 70.4 Å². The van der Waals surface area contributed by atoms with Gasteiger partial charge in [-0.05, 0) is 43.4 Å². The quantitative estimate of drug-likeness (QED) is 0.579. The Hall–Kier alpha value is 0. The molecule has 2 saturated carbocycles. The standard InChI is InChI=1S/C11H20/c1-2-3-9-4-5-11(8-9)10-6-7-10/h9-11H,2-8H2,1H3/t9-,11+/m0/s1. The van der Waals surface area contributed by atoms with Crippen LogP contribution in [-0.4, -0.2) is 0 Å². The first-order valence-corrected chi connectivity index (χ1v) is 5.40. The fraction of sp³-hybridized carbons (Fsp3) is 1.00. The molecule has 0 aromatic carbocycles. The molecule has 0 heterocycles. The predicted molar refractivity (Wildman–Crippen MR) is 48.5 cm³/mol. The summed E-state index contributed by atoms with van der Waals surface area (Å²) in [7, 11) is 0. The van der Waals surface area contributed by atoms with E-state index in [2.05, 4.69) is 6.92 Å². The van der Waals surface area contributed by atoms with Gasteiger partial charge >= 0.3 is 0 Å². The number of hydrogen-bond acceptors (Lipinski definition) is 0. The molecule has 0 amide bonds. The first-order chi connectivity index (χ1) is 5.40. The molecule has 0 aromatic rings. The van der Waals surface area contributed by atoms with Gasteiger partial charge in [-0.2, -0.15) is 0 Å². The van der Waals surface area contributed by atoms with Crippen molar-refractivity contribution in [2.24, 2.45) is 17.8 Å². The van der Waals surface area contributed by atoms with E-state index in [-0.39, 0.29) is 0 Å². The lowest BCUT2D eigenvalue weighted by Gasteiger charge is -2.08. The monoisotopic (exact) mass is 152 g/mol. The highest BCUT2D eigenvalue weighted by Gasteiger charge is 2.35. The van der Waals surface area contributed by atoms with E-state index in [4.69, 9.17) is 0 Å². The second-order valence-corrected chi connectivity index (χ2v) is 4.57. The van der Waals surface area contributed by atoms with Gasteiger partial charge in [0.1, 0.15) is 0 Å². The second-order valence-electron chi connectivity index (χ2n) is 4.57. The van der Waals surface area contributed by atoms with Gasteiger partial charge in [-0.15, -0.1) is 0 Å². The van der Waals surface area contributed by atoms with E-state index >= 15 is 0 Å². The van der Waals surface area contributed by atoms with Crippen molar-refractivity contribution in [1.82, 2.24) is 0 Å². The van der Waals surface area contributed by atoms with Crippen molar-refractivity contribution in [3.63, 3.8) is 0 Å². The zero-order chi connectivity index (χ0) is 7.68. The molecule has 2 fully saturated rings. The Morgan fingerprint density at radius 1 is 1.00 bits per heavy atom. The Balaban J connectivity index is 1.74. The van der Waals surface area contributed by atoms with Crippen LogP contribution in [0.2, 0.25) is 0 Å². The highest BCUT2D eigenvalue weighted by molar-refractivity contribution is 4.87. The minimum absolute atomic E-state index is 1.12. The van der Waals surface area contributed by atoms with Crippen LogP contribution in [0.5, 0.6) is 0 Å². The molecule has 0 heteroatoms. The summed E-state index contributed by atoms with van der Waals surface area (Å²) in [5, 5.41) is 0. The molecule has 0 saturated heterocycles. The predicted octanol–water partition coefficient (Wildman–Crippen LogP) is 3.61. The van der Waals surface area contributed by atoms with Gasteiger partial charge in [0.2, 0.25) is 0 Å². The molecule has 2 aliphatic rings.